The highest BCUT2D eigenvalue weighted by molar-refractivity contribution is 7.91. The van der Waals surface area contributed by atoms with Crippen LogP contribution in [0, 0.1) is 5.82 Å². The molecule has 0 saturated carbocycles. The normalized spacial score (nSPS) is 17.8. The first-order chi connectivity index (χ1) is 13.8. The molecular formula is C22H27FN2O3S. The zero-order valence-electron chi connectivity index (χ0n) is 16.8. The molecule has 0 aliphatic carbocycles. The molecule has 0 aromatic heterocycles. The van der Waals surface area contributed by atoms with Crippen LogP contribution in [0.5, 0.6) is 0 Å². The average molecular weight is 419 g/mol. The fourth-order valence-electron chi connectivity index (χ4n) is 3.74. The van der Waals surface area contributed by atoms with E-state index in [-0.39, 0.29) is 23.5 Å². The van der Waals surface area contributed by atoms with E-state index in [1.807, 2.05) is 24.3 Å². The van der Waals surface area contributed by atoms with Gasteiger partial charge in [0.15, 0.2) is 9.84 Å². The van der Waals surface area contributed by atoms with E-state index < -0.39 is 15.7 Å². The van der Waals surface area contributed by atoms with Gasteiger partial charge in [-0.25, -0.2) is 12.8 Å². The van der Waals surface area contributed by atoms with Gasteiger partial charge in [-0.3, -0.25) is 4.79 Å². The lowest BCUT2D eigenvalue weighted by Crippen LogP contribution is -2.40. The fourth-order valence-corrected chi connectivity index (χ4v) is 5.47. The monoisotopic (exact) mass is 418 g/mol. The number of carbonyl (C=O) groups is 1. The summed E-state index contributed by atoms with van der Waals surface area (Å²) in [6.07, 6.45) is 0.423. The number of hydrogen-bond donors (Lipinski definition) is 0. The van der Waals surface area contributed by atoms with Crippen molar-refractivity contribution in [3.63, 3.8) is 0 Å². The summed E-state index contributed by atoms with van der Waals surface area (Å²) >= 11 is 0. The highest BCUT2D eigenvalue weighted by Crippen LogP contribution is 2.24. The van der Waals surface area contributed by atoms with Gasteiger partial charge in [0.1, 0.15) is 5.82 Å². The maximum atomic E-state index is 13.3. The predicted molar refractivity (Wildman–Crippen MR) is 113 cm³/mol. The average Bonchev–Trinajstić information content (AvgIpc) is 3.07. The smallest absolute Gasteiger partial charge is 0.254 e. The van der Waals surface area contributed by atoms with E-state index in [0.29, 0.717) is 18.5 Å². The molecule has 1 heterocycles. The first kappa shape index (κ1) is 21.3. The van der Waals surface area contributed by atoms with E-state index in [0.717, 1.165) is 24.3 Å². The van der Waals surface area contributed by atoms with E-state index >= 15 is 0 Å². The van der Waals surface area contributed by atoms with Crippen LogP contribution in [0.3, 0.4) is 0 Å². The van der Waals surface area contributed by atoms with Crippen LogP contribution in [0.25, 0.3) is 0 Å². The molecule has 0 N–H and O–H groups in total. The van der Waals surface area contributed by atoms with E-state index in [4.69, 9.17) is 0 Å². The zero-order valence-corrected chi connectivity index (χ0v) is 17.7. The molecule has 1 amide bonds. The molecule has 1 unspecified atom stereocenters. The summed E-state index contributed by atoms with van der Waals surface area (Å²) in [5, 5.41) is 0. The largest absolute Gasteiger partial charge is 0.372 e. The van der Waals surface area contributed by atoms with Gasteiger partial charge >= 0.3 is 0 Å². The van der Waals surface area contributed by atoms with Crippen LogP contribution in [0.2, 0.25) is 0 Å². The number of rotatable bonds is 7. The second-order valence-electron chi connectivity index (χ2n) is 7.34. The molecule has 29 heavy (non-hydrogen) atoms. The second kappa shape index (κ2) is 8.95. The van der Waals surface area contributed by atoms with Crippen molar-refractivity contribution in [2.24, 2.45) is 0 Å². The van der Waals surface area contributed by atoms with E-state index in [1.54, 1.807) is 4.90 Å². The Kier molecular flexibility index (Phi) is 6.57. The molecule has 0 bridgehead atoms. The number of nitrogens with zero attached hydrogens (tertiary/aromatic N) is 2. The first-order valence-electron chi connectivity index (χ1n) is 9.93. The Morgan fingerprint density at radius 2 is 1.66 bits per heavy atom. The molecule has 5 nitrogen and oxygen atoms in total. The van der Waals surface area contributed by atoms with E-state index in [1.165, 1.54) is 24.3 Å². The van der Waals surface area contributed by atoms with E-state index in [9.17, 15) is 17.6 Å². The van der Waals surface area contributed by atoms with Crippen LogP contribution >= 0.6 is 0 Å². The minimum atomic E-state index is -3.14. The van der Waals surface area contributed by atoms with Crippen molar-refractivity contribution in [3.8, 4) is 0 Å². The first-order valence-corrected chi connectivity index (χ1v) is 11.8. The van der Waals surface area contributed by atoms with Crippen LogP contribution in [-0.4, -0.2) is 49.9 Å². The molecule has 1 aliphatic heterocycles. The quantitative estimate of drug-likeness (QED) is 0.691. The van der Waals surface area contributed by atoms with Crippen LogP contribution < -0.4 is 4.90 Å². The van der Waals surface area contributed by atoms with Crippen molar-refractivity contribution in [2.45, 2.75) is 32.9 Å². The third-order valence-corrected chi connectivity index (χ3v) is 7.17. The number of benzene rings is 2. The summed E-state index contributed by atoms with van der Waals surface area (Å²) < 4.78 is 37.2. The van der Waals surface area contributed by atoms with Crippen LogP contribution in [0.1, 0.15) is 36.2 Å². The molecule has 2 aromatic rings. The Morgan fingerprint density at radius 1 is 1.03 bits per heavy atom. The molecule has 1 aliphatic rings. The highest BCUT2D eigenvalue weighted by atomic mass is 32.2. The Balaban J connectivity index is 1.85. The molecule has 0 spiro atoms. The number of amides is 1. The third-order valence-electron chi connectivity index (χ3n) is 5.42. The lowest BCUT2D eigenvalue weighted by atomic mass is 10.1. The van der Waals surface area contributed by atoms with E-state index in [2.05, 4.69) is 18.7 Å². The van der Waals surface area contributed by atoms with Gasteiger partial charge in [-0.1, -0.05) is 12.1 Å². The summed E-state index contributed by atoms with van der Waals surface area (Å²) in [5.41, 5.74) is 2.40. The standard InChI is InChI=1S/C22H27FN2O3S/c1-3-24(4-2)20-11-5-17(6-12-20)15-25(21-13-14-29(27,28)16-21)22(26)18-7-9-19(23)10-8-18/h5-12,21H,3-4,13-16H2,1-2H3. The summed E-state index contributed by atoms with van der Waals surface area (Å²) in [4.78, 5) is 17.0. The molecule has 1 atom stereocenters. The summed E-state index contributed by atoms with van der Waals surface area (Å²) in [6, 6.07) is 13.0. The number of hydrogen-bond acceptors (Lipinski definition) is 4. The van der Waals surface area contributed by atoms with Crippen molar-refractivity contribution < 1.29 is 17.6 Å². The topological polar surface area (TPSA) is 57.7 Å². The predicted octanol–water partition coefficient (Wildman–Crippen LogP) is 3.50. The minimum absolute atomic E-state index is 0.0303. The van der Waals surface area contributed by atoms with Gasteiger partial charge < -0.3 is 9.80 Å². The van der Waals surface area contributed by atoms with Gasteiger partial charge in [-0.2, -0.15) is 0 Å². The summed E-state index contributed by atoms with van der Waals surface area (Å²) in [5.74, 6) is -0.632. The van der Waals surface area contributed by atoms with Crippen molar-refractivity contribution in [1.29, 1.82) is 0 Å². The molecule has 0 radical (unpaired) electrons. The molecule has 1 fully saturated rings. The summed E-state index contributed by atoms with van der Waals surface area (Å²) in [6.45, 7) is 6.33. The third kappa shape index (κ3) is 5.15. The fraction of sp³-hybridized carbons (Fsp3) is 0.409. The van der Waals surface area contributed by atoms with Gasteiger partial charge in [0.2, 0.25) is 0 Å². The van der Waals surface area contributed by atoms with Crippen molar-refractivity contribution >= 4 is 21.4 Å². The molecule has 2 aromatic carbocycles. The Morgan fingerprint density at radius 3 is 2.17 bits per heavy atom. The van der Waals surface area contributed by atoms with Gasteiger partial charge in [-0.05, 0) is 62.2 Å². The van der Waals surface area contributed by atoms with Crippen molar-refractivity contribution in [3.05, 3.63) is 65.5 Å². The van der Waals surface area contributed by atoms with Crippen LogP contribution in [0.4, 0.5) is 10.1 Å². The number of anilines is 1. The molecule has 3 rings (SSSR count). The van der Waals surface area contributed by atoms with Gasteiger partial charge in [-0.15, -0.1) is 0 Å². The molecule has 1 saturated heterocycles. The zero-order chi connectivity index (χ0) is 21.0. The molecule has 156 valence electrons. The summed E-state index contributed by atoms with van der Waals surface area (Å²) in [7, 11) is -3.14. The Hall–Kier alpha value is -2.41. The van der Waals surface area contributed by atoms with Crippen molar-refractivity contribution in [2.75, 3.05) is 29.5 Å². The van der Waals surface area contributed by atoms with Gasteiger partial charge in [0, 0.05) is 36.9 Å². The number of sulfone groups is 1. The van der Waals surface area contributed by atoms with Gasteiger partial charge in [0.05, 0.1) is 11.5 Å². The van der Waals surface area contributed by atoms with Gasteiger partial charge in [0.25, 0.3) is 5.91 Å². The van der Waals surface area contributed by atoms with Crippen molar-refractivity contribution in [1.82, 2.24) is 4.90 Å². The SMILES string of the molecule is CCN(CC)c1ccc(CN(C(=O)c2ccc(F)cc2)C2CCS(=O)(=O)C2)cc1. The lowest BCUT2D eigenvalue weighted by Gasteiger charge is -2.29. The van der Waals surface area contributed by atoms with Crippen LogP contribution in [0.15, 0.2) is 48.5 Å². The second-order valence-corrected chi connectivity index (χ2v) is 9.56. The Labute approximate surface area is 172 Å². The highest BCUT2D eigenvalue weighted by Gasteiger charge is 2.35. The molecular weight excluding hydrogens is 391 g/mol. The number of carbonyl (C=O) groups excluding carboxylic acids is 1. The van der Waals surface area contributed by atoms with Crippen LogP contribution in [-0.2, 0) is 16.4 Å². The maximum absolute atomic E-state index is 13.3. The Bertz CT molecular complexity index is 939. The lowest BCUT2D eigenvalue weighted by molar-refractivity contribution is 0.0681. The number of halogens is 1. The molecule has 7 heteroatoms. The minimum Gasteiger partial charge on any atom is -0.372 e. The maximum Gasteiger partial charge on any atom is 0.254 e.